The molecule has 0 spiro atoms. The molecule has 0 aliphatic rings. The summed E-state index contributed by atoms with van der Waals surface area (Å²) in [7, 11) is 3.12. The van der Waals surface area contributed by atoms with Gasteiger partial charge < -0.3 is 4.74 Å². The van der Waals surface area contributed by atoms with Gasteiger partial charge in [-0.3, -0.25) is 0 Å². The van der Waals surface area contributed by atoms with Gasteiger partial charge in [0.25, 0.3) is 0 Å². The van der Waals surface area contributed by atoms with Crippen LogP contribution in [-0.4, -0.2) is 27.9 Å². The number of tetrazole rings is 1. The Morgan fingerprint density at radius 1 is 1.40 bits per heavy atom. The number of aromatic amines is 1. The molecular weight excluding hydrogens is 324 g/mol. The van der Waals surface area contributed by atoms with Crippen LogP contribution >= 0.6 is 15.9 Å². The maximum absolute atomic E-state index is 12.1. The van der Waals surface area contributed by atoms with E-state index >= 15 is 0 Å². The zero-order chi connectivity index (χ0) is 14.3. The molecule has 0 aliphatic heterocycles. The first kappa shape index (κ1) is 12.9. The topological polar surface area (TPSA) is 63.3 Å². The highest BCUT2D eigenvalue weighted by Gasteiger charge is 2.27. The highest BCUT2D eigenvalue weighted by Crippen LogP contribution is 2.28. The fourth-order valence-corrected chi connectivity index (χ4v) is 2.41. The third-order valence-electron chi connectivity index (χ3n) is 3.02. The maximum atomic E-state index is 12.1. The van der Waals surface area contributed by atoms with Crippen LogP contribution in [0.1, 0.15) is 10.4 Å². The van der Waals surface area contributed by atoms with Gasteiger partial charge in [0.1, 0.15) is 18.8 Å². The number of hydrogen-bond acceptors (Lipinski definition) is 3. The Bertz CT molecular complexity index is 789. The predicted molar refractivity (Wildman–Crippen MR) is 75.2 cm³/mol. The molecule has 6 nitrogen and oxygen atoms in total. The second-order valence-electron chi connectivity index (χ2n) is 4.33. The summed E-state index contributed by atoms with van der Waals surface area (Å²) in [5.74, 6) is -0.405. The molecule has 0 saturated carbocycles. The summed E-state index contributed by atoms with van der Waals surface area (Å²) in [4.78, 5) is 13.6. The fourth-order valence-electron chi connectivity index (χ4n) is 2.14. The molecule has 0 unspecified atom stereocenters. The van der Waals surface area contributed by atoms with E-state index in [0.717, 1.165) is 15.6 Å². The number of H-pyrrole nitrogens is 1. The van der Waals surface area contributed by atoms with Crippen molar-refractivity contribution in [2.24, 2.45) is 7.05 Å². The Kier molecular flexibility index (Phi) is 3.06. The molecule has 1 N–H and O–H groups in total. The largest absolute Gasteiger partial charge is 0.465 e. The molecule has 0 fully saturated rings. The summed E-state index contributed by atoms with van der Waals surface area (Å²) in [5, 5.41) is 7.24. The molecule has 0 atom stereocenters. The minimum atomic E-state index is -0.405. The summed E-state index contributed by atoms with van der Waals surface area (Å²) in [5.41, 5.74) is 2.70. The number of halogens is 1. The van der Waals surface area contributed by atoms with E-state index in [2.05, 4.69) is 26.2 Å². The van der Waals surface area contributed by atoms with Gasteiger partial charge in [-0.1, -0.05) is 38.1 Å². The Balaban J connectivity index is 2.26. The van der Waals surface area contributed by atoms with Gasteiger partial charge in [0.15, 0.2) is 0 Å². The molecule has 3 aromatic rings. The summed E-state index contributed by atoms with van der Waals surface area (Å²) in [6, 6.07) is 7.72. The molecule has 2 aromatic heterocycles. The van der Waals surface area contributed by atoms with Gasteiger partial charge in [0.05, 0.1) is 7.11 Å². The first-order chi connectivity index (χ1) is 9.60. The predicted octanol–water partition coefficient (Wildman–Crippen LogP) is 1.70. The molecule has 2 heterocycles. The van der Waals surface area contributed by atoms with Crippen LogP contribution in [0, 0.1) is 0 Å². The Labute approximate surface area is 123 Å². The number of carbonyl (C=O) groups is 1. The Morgan fingerprint density at radius 2 is 2.10 bits per heavy atom. The van der Waals surface area contributed by atoms with Crippen molar-refractivity contribution in [3.05, 3.63) is 40.5 Å². The van der Waals surface area contributed by atoms with Gasteiger partial charge in [-0.2, -0.15) is 0 Å². The van der Waals surface area contributed by atoms with Crippen LogP contribution in [0.2, 0.25) is 0 Å². The van der Waals surface area contributed by atoms with Crippen LogP contribution in [0.3, 0.4) is 0 Å². The van der Waals surface area contributed by atoms with Crippen LogP contribution in [0.5, 0.6) is 0 Å². The Hall–Kier alpha value is -2.15. The van der Waals surface area contributed by atoms with Gasteiger partial charge >= 0.3 is 11.6 Å². The number of nitrogens with zero attached hydrogens (tertiary/aromatic N) is 3. The lowest BCUT2D eigenvalue weighted by molar-refractivity contribution is -0.783. The highest BCUT2D eigenvalue weighted by molar-refractivity contribution is 9.10. The molecule has 1 aromatic carbocycles. The van der Waals surface area contributed by atoms with E-state index in [1.165, 1.54) is 11.9 Å². The van der Waals surface area contributed by atoms with Crippen molar-refractivity contribution in [1.82, 2.24) is 14.8 Å². The van der Waals surface area contributed by atoms with Crippen LogP contribution in [0.15, 0.2) is 34.9 Å². The number of esters is 1. The molecule has 7 heteroatoms. The molecular formula is C13H12BrN4O2+. The van der Waals surface area contributed by atoms with Crippen LogP contribution < -0.4 is 4.80 Å². The number of carbonyl (C=O) groups excluding carboxylic acids is 1. The highest BCUT2D eigenvalue weighted by atomic mass is 79.9. The van der Waals surface area contributed by atoms with Gasteiger partial charge in [0.2, 0.25) is 0 Å². The van der Waals surface area contributed by atoms with Gasteiger partial charge in [-0.05, 0) is 22.8 Å². The number of benzene rings is 1. The van der Waals surface area contributed by atoms with Crippen molar-refractivity contribution >= 4 is 27.5 Å². The molecule has 0 saturated heterocycles. The van der Waals surface area contributed by atoms with Crippen molar-refractivity contribution in [2.75, 3.05) is 7.11 Å². The molecule has 20 heavy (non-hydrogen) atoms. The number of ether oxygens (including phenoxy) is 1. The van der Waals surface area contributed by atoms with E-state index in [1.54, 1.807) is 11.6 Å². The minimum absolute atomic E-state index is 0.405. The molecule has 102 valence electrons. The van der Waals surface area contributed by atoms with E-state index < -0.39 is 5.97 Å². The van der Waals surface area contributed by atoms with Gasteiger partial charge in [0, 0.05) is 10.0 Å². The van der Waals surface area contributed by atoms with Crippen molar-refractivity contribution in [1.29, 1.82) is 0 Å². The van der Waals surface area contributed by atoms with Crippen LogP contribution in [0.4, 0.5) is 0 Å². The van der Waals surface area contributed by atoms with Crippen molar-refractivity contribution in [3.63, 3.8) is 0 Å². The van der Waals surface area contributed by atoms with Crippen LogP contribution in [-0.2, 0) is 11.8 Å². The van der Waals surface area contributed by atoms with Gasteiger partial charge in [-0.15, -0.1) is 4.52 Å². The second kappa shape index (κ2) is 4.75. The number of fused-ring (bicyclic) bond motifs is 1. The summed E-state index contributed by atoms with van der Waals surface area (Å²) >= 11 is 3.40. The average molecular weight is 336 g/mol. The SMILES string of the molecule is COC(=O)c1c(-c2ccc(Br)cc2)cn2[nH][n+](C)nc12. The summed E-state index contributed by atoms with van der Waals surface area (Å²) in [6.45, 7) is 0. The number of methoxy groups -OCH3 is 1. The number of aryl methyl sites for hydroxylation is 1. The van der Waals surface area contributed by atoms with E-state index in [1.807, 2.05) is 30.5 Å². The molecule has 0 radical (unpaired) electrons. The average Bonchev–Trinajstić information content (AvgIpc) is 2.94. The van der Waals surface area contributed by atoms with Gasteiger partial charge in [-0.25, -0.2) is 4.79 Å². The number of hydrogen-bond donors (Lipinski definition) is 1. The number of aromatic nitrogens is 4. The van der Waals surface area contributed by atoms with Crippen molar-refractivity contribution in [2.45, 2.75) is 0 Å². The molecule has 3 rings (SSSR count). The molecule has 0 bridgehead atoms. The first-order valence-corrected chi connectivity index (χ1v) is 6.71. The monoisotopic (exact) mass is 335 g/mol. The van der Waals surface area contributed by atoms with E-state index in [4.69, 9.17) is 4.74 Å². The molecule has 0 aliphatic carbocycles. The van der Waals surface area contributed by atoms with Crippen LogP contribution in [0.25, 0.3) is 16.8 Å². The number of rotatable bonds is 2. The molecule has 0 amide bonds. The fraction of sp³-hybridized carbons (Fsp3) is 0.154. The normalized spacial score (nSPS) is 10.9. The van der Waals surface area contributed by atoms with E-state index in [0.29, 0.717) is 11.2 Å². The van der Waals surface area contributed by atoms with Crippen molar-refractivity contribution < 1.29 is 14.3 Å². The second-order valence-corrected chi connectivity index (χ2v) is 5.25. The number of nitrogens with one attached hydrogen (secondary N) is 1. The zero-order valence-corrected chi connectivity index (χ0v) is 12.5. The van der Waals surface area contributed by atoms with E-state index in [-0.39, 0.29) is 0 Å². The first-order valence-electron chi connectivity index (χ1n) is 5.92. The quantitative estimate of drug-likeness (QED) is 0.572. The minimum Gasteiger partial charge on any atom is -0.465 e. The summed E-state index contributed by atoms with van der Waals surface area (Å²) < 4.78 is 7.55. The smallest absolute Gasteiger partial charge is 0.344 e. The standard InChI is InChI=1S/C13H11BrN4O2/c1-17-15-12-11(13(19)20-2)10(7-18(12)16-17)8-3-5-9(14)6-4-8/h3-7H,1-2H3/p+1. The zero-order valence-electron chi connectivity index (χ0n) is 10.9. The van der Waals surface area contributed by atoms with E-state index in [9.17, 15) is 4.79 Å². The lowest BCUT2D eigenvalue weighted by Crippen LogP contribution is -2.33. The third-order valence-corrected chi connectivity index (χ3v) is 3.55. The lowest BCUT2D eigenvalue weighted by Gasteiger charge is -2.01. The maximum Gasteiger partial charge on any atom is 0.344 e. The van der Waals surface area contributed by atoms with Crippen molar-refractivity contribution in [3.8, 4) is 11.1 Å². The summed E-state index contributed by atoms with van der Waals surface area (Å²) in [6.07, 6.45) is 1.83. The third kappa shape index (κ3) is 2.00. The lowest BCUT2D eigenvalue weighted by atomic mass is 10.0. The Morgan fingerprint density at radius 3 is 2.75 bits per heavy atom.